The normalized spacial score (nSPS) is 12.6. The maximum Gasteiger partial charge on any atom is 0.170 e. The molecule has 0 bridgehead atoms. The second-order valence-corrected chi connectivity index (χ2v) is 8.70. The monoisotopic (exact) mass is 613 g/mol. The molecular weight excluding hydrogens is 601 g/mol. The summed E-state index contributed by atoms with van der Waals surface area (Å²) in [4.78, 5) is 8.80. The van der Waals surface area contributed by atoms with Crippen LogP contribution in [-0.4, -0.2) is 39.2 Å². The van der Waals surface area contributed by atoms with Crippen LogP contribution in [0.1, 0.15) is 12.5 Å². The number of ether oxygens (including phenoxy) is 2. The smallest absolute Gasteiger partial charge is 0.170 e. The van der Waals surface area contributed by atoms with E-state index in [4.69, 9.17) is 32.7 Å². The van der Waals surface area contributed by atoms with Gasteiger partial charge in [0.2, 0.25) is 0 Å². The first-order valence-corrected chi connectivity index (χ1v) is 11.9. The third kappa shape index (κ3) is 4.91. The van der Waals surface area contributed by atoms with Crippen LogP contribution in [0.25, 0.3) is 16.9 Å². The molecule has 0 saturated heterocycles. The van der Waals surface area contributed by atoms with Crippen molar-refractivity contribution >= 4 is 76.6 Å². The maximum absolute atomic E-state index is 6.54. The molecule has 5 nitrogen and oxygen atoms in total. The molecule has 0 saturated carbocycles. The fourth-order valence-corrected chi connectivity index (χ4v) is 4.86. The van der Waals surface area contributed by atoms with Crippen LogP contribution in [0.3, 0.4) is 0 Å². The molecule has 28 heavy (non-hydrogen) atoms. The van der Waals surface area contributed by atoms with Gasteiger partial charge in [-0.3, -0.25) is 4.40 Å². The molecule has 0 N–H and O–H groups in total. The molecule has 0 aliphatic heterocycles. The van der Waals surface area contributed by atoms with Gasteiger partial charge < -0.3 is 9.47 Å². The van der Waals surface area contributed by atoms with E-state index < -0.39 is 0 Å². The molecule has 0 fully saturated rings. The lowest BCUT2D eigenvalue weighted by Crippen LogP contribution is -2.20. The number of imidazole rings is 1. The van der Waals surface area contributed by atoms with Crippen LogP contribution >= 0.6 is 71.0 Å². The minimum Gasteiger partial charge on any atom is -0.352 e. The Labute approximate surface area is 198 Å². The summed E-state index contributed by atoms with van der Waals surface area (Å²) in [5.74, 6) is 0. The number of benzene rings is 1. The zero-order valence-electron chi connectivity index (χ0n) is 14.8. The minimum absolute atomic E-state index is 0.275. The van der Waals surface area contributed by atoms with Gasteiger partial charge in [-0.05, 0) is 62.9 Å². The average molecular weight is 617 g/mol. The molecule has 0 spiro atoms. The van der Waals surface area contributed by atoms with Crippen LogP contribution in [0, 0.1) is 0 Å². The van der Waals surface area contributed by atoms with Crippen molar-refractivity contribution < 1.29 is 9.47 Å². The van der Waals surface area contributed by atoms with Crippen molar-refractivity contribution in [3.8, 4) is 11.3 Å². The second-order valence-electron chi connectivity index (χ2n) is 5.76. The zero-order valence-corrected chi connectivity index (χ0v) is 21.0. The molecule has 0 amide bonds. The Morgan fingerprint density at radius 1 is 1.18 bits per heavy atom. The van der Waals surface area contributed by atoms with Gasteiger partial charge in [-0.2, -0.15) is 0 Å². The summed E-state index contributed by atoms with van der Waals surface area (Å²) < 4.78 is 14.4. The van der Waals surface area contributed by atoms with Gasteiger partial charge in [-0.15, -0.1) is 0 Å². The molecule has 1 atom stereocenters. The Hall–Kier alpha value is -0.220. The quantitative estimate of drug-likeness (QED) is 0.213. The van der Waals surface area contributed by atoms with Gasteiger partial charge in [0.25, 0.3) is 0 Å². The molecule has 0 aliphatic carbocycles. The molecule has 2 heterocycles. The molecule has 0 aliphatic rings. The Balaban J connectivity index is 1.94. The number of aromatic nitrogens is 3. The van der Waals surface area contributed by atoms with Crippen molar-refractivity contribution in [3.63, 3.8) is 0 Å². The highest BCUT2D eigenvalue weighted by molar-refractivity contribution is 9.11. The maximum atomic E-state index is 6.54. The topological polar surface area (TPSA) is 48.7 Å². The number of alkyl halides is 1. The summed E-state index contributed by atoms with van der Waals surface area (Å²) in [6, 6.07) is 3.85. The highest BCUT2D eigenvalue weighted by Gasteiger charge is 2.19. The third-order valence-corrected chi connectivity index (χ3v) is 6.39. The van der Waals surface area contributed by atoms with Crippen LogP contribution in [0.2, 0.25) is 10.0 Å². The first kappa shape index (κ1) is 22.5. The lowest BCUT2D eigenvalue weighted by Gasteiger charge is -2.16. The number of hydrogen-bond acceptors (Lipinski definition) is 4. The van der Waals surface area contributed by atoms with Crippen LogP contribution in [0.15, 0.2) is 33.7 Å². The molecule has 1 aromatic carbocycles. The van der Waals surface area contributed by atoms with E-state index in [0.29, 0.717) is 49.9 Å². The van der Waals surface area contributed by atoms with E-state index in [2.05, 4.69) is 57.8 Å². The van der Waals surface area contributed by atoms with Gasteiger partial charge in [0.05, 0.1) is 27.7 Å². The first-order valence-electron chi connectivity index (χ1n) is 8.41. The van der Waals surface area contributed by atoms with Crippen molar-refractivity contribution in [1.29, 1.82) is 0 Å². The van der Waals surface area contributed by atoms with E-state index >= 15 is 0 Å². The van der Waals surface area contributed by atoms with E-state index in [1.165, 1.54) is 0 Å². The number of halogens is 5. The van der Waals surface area contributed by atoms with Gasteiger partial charge in [-0.25, -0.2) is 9.97 Å². The van der Waals surface area contributed by atoms with Gasteiger partial charge >= 0.3 is 0 Å². The van der Waals surface area contributed by atoms with Crippen LogP contribution in [0.5, 0.6) is 0 Å². The number of fused-ring (bicyclic) bond motifs is 1. The van der Waals surface area contributed by atoms with Gasteiger partial charge in [0.1, 0.15) is 4.60 Å². The van der Waals surface area contributed by atoms with E-state index in [0.717, 1.165) is 16.8 Å². The molecule has 1 unspecified atom stereocenters. The van der Waals surface area contributed by atoms with Gasteiger partial charge in [-0.1, -0.05) is 39.1 Å². The fraction of sp³-hybridized carbons (Fsp3) is 0.333. The lowest BCUT2D eigenvalue weighted by atomic mass is 10.1. The Morgan fingerprint density at radius 2 is 1.96 bits per heavy atom. The largest absolute Gasteiger partial charge is 0.352 e. The average Bonchev–Trinajstić information content (AvgIpc) is 3.14. The summed E-state index contributed by atoms with van der Waals surface area (Å²) in [5, 5.41) is 1.54. The zero-order chi connectivity index (χ0) is 20.3. The van der Waals surface area contributed by atoms with Crippen molar-refractivity contribution in [2.75, 3.05) is 18.5 Å². The van der Waals surface area contributed by atoms with Crippen LogP contribution < -0.4 is 0 Å². The SMILES string of the molecule is CCOC(CBr)OCCc1cc(Cl)c(Cl)c(-c2c(Br)nc(Br)c3nccn23)c1. The van der Waals surface area contributed by atoms with Crippen molar-refractivity contribution in [3.05, 3.63) is 49.3 Å². The minimum atomic E-state index is -0.275. The second kappa shape index (κ2) is 10.2. The summed E-state index contributed by atoms with van der Waals surface area (Å²) in [5.41, 5.74) is 3.23. The van der Waals surface area contributed by atoms with Gasteiger partial charge in [0.15, 0.2) is 16.5 Å². The van der Waals surface area contributed by atoms with E-state index in [1.807, 2.05) is 29.7 Å². The van der Waals surface area contributed by atoms with Crippen LogP contribution in [0.4, 0.5) is 0 Å². The van der Waals surface area contributed by atoms with Gasteiger partial charge in [0, 0.05) is 24.6 Å². The van der Waals surface area contributed by atoms with Crippen molar-refractivity contribution in [2.45, 2.75) is 19.6 Å². The lowest BCUT2D eigenvalue weighted by molar-refractivity contribution is -0.122. The highest BCUT2D eigenvalue weighted by Crippen LogP contribution is 2.39. The summed E-state index contributed by atoms with van der Waals surface area (Å²) >= 11 is 23.3. The Morgan fingerprint density at radius 3 is 2.68 bits per heavy atom. The predicted octanol–water partition coefficient (Wildman–Crippen LogP) is 6.54. The first-order chi connectivity index (χ1) is 13.5. The molecule has 150 valence electrons. The molecule has 3 rings (SSSR count). The molecule has 10 heteroatoms. The number of nitrogens with zero attached hydrogens (tertiary/aromatic N) is 3. The summed E-state index contributed by atoms with van der Waals surface area (Å²) in [6.07, 6.45) is 3.95. The molecule has 3 aromatic rings. The summed E-state index contributed by atoms with van der Waals surface area (Å²) in [6.45, 7) is 3.03. The molecule has 0 radical (unpaired) electrons. The van der Waals surface area contributed by atoms with E-state index in [9.17, 15) is 0 Å². The fourth-order valence-electron chi connectivity index (χ4n) is 2.76. The van der Waals surface area contributed by atoms with Crippen LogP contribution in [-0.2, 0) is 15.9 Å². The van der Waals surface area contributed by atoms with Crippen molar-refractivity contribution in [1.82, 2.24) is 14.4 Å². The standard InChI is InChI=1S/C18H16Br3Cl2N3O2/c1-2-27-13(9-19)28-6-3-10-7-11(14(23)12(22)8-10)15-16(20)25-17(21)18-24-4-5-26(15)18/h4-5,7-8,13H,2-3,6,9H2,1H3. The van der Waals surface area contributed by atoms with E-state index in [-0.39, 0.29) is 6.29 Å². The molecule has 2 aromatic heterocycles. The predicted molar refractivity (Wildman–Crippen MR) is 123 cm³/mol. The molecular formula is C18H16Br3Cl2N3O2. The summed E-state index contributed by atoms with van der Waals surface area (Å²) in [7, 11) is 0. The highest BCUT2D eigenvalue weighted by atomic mass is 79.9. The number of rotatable bonds is 8. The van der Waals surface area contributed by atoms with E-state index in [1.54, 1.807) is 6.20 Å². The Kier molecular flexibility index (Phi) is 8.18. The van der Waals surface area contributed by atoms with Crippen molar-refractivity contribution in [2.24, 2.45) is 0 Å². The number of hydrogen-bond donors (Lipinski definition) is 0. The Bertz CT molecular complexity index is 984. The third-order valence-electron chi connectivity index (χ3n) is 3.97.